The third-order valence-corrected chi connectivity index (χ3v) is 6.05. The normalized spacial score (nSPS) is 14.6. The maximum absolute atomic E-state index is 12.8. The molecule has 0 radical (unpaired) electrons. The lowest BCUT2D eigenvalue weighted by Gasteiger charge is -2.25. The first-order valence-electron chi connectivity index (χ1n) is 8.87. The Bertz CT molecular complexity index is 1000. The zero-order chi connectivity index (χ0) is 20.5. The molecule has 0 fully saturated rings. The maximum atomic E-state index is 12.8. The number of carbonyl (C=O) groups is 1. The third-order valence-electron chi connectivity index (χ3n) is 4.47. The fraction of sp³-hybridized carbons (Fsp3) is 0.350. The summed E-state index contributed by atoms with van der Waals surface area (Å²) in [7, 11) is -3.54. The number of halogens is 1. The molecule has 1 heterocycles. The Labute approximate surface area is 169 Å². The van der Waals surface area contributed by atoms with Crippen molar-refractivity contribution in [2.24, 2.45) is 5.92 Å². The molecule has 1 aliphatic rings. The van der Waals surface area contributed by atoms with Crippen molar-refractivity contribution in [3.8, 4) is 11.5 Å². The van der Waals surface area contributed by atoms with Crippen LogP contribution in [0.2, 0.25) is 5.02 Å². The van der Waals surface area contributed by atoms with Gasteiger partial charge in [-0.1, -0.05) is 31.5 Å². The SMILES string of the molecule is CC(C)C(NC(=O)c1ccc(Cl)c(S(C)(=O)=O)c1)c1ccc2c(c1)OCCO2. The van der Waals surface area contributed by atoms with Crippen molar-refractivity contribution >= 4 is 27.3 Å². The first-order valence-corrected chi connectivity index (χ1v) is 11.1. The summed E-state index contributed by atoms with van der Waals surface area (Å²) >= 11 is 5.97. The van der Waals surface area contributed by atoms with Crippen LogP contribution in [0.5, 0.6) is 11.5 Å². The summed E-state index contributed by atoms with van der Waals surface area (Å²) in [6.45, 7) is 4.97. The number of amides is 1. The molecule has 2 aromatic rings. The van der Waals surface area contributed by atoms with E-state index >= 15 is 0 Å². The predicted molar refractivity (Wildman–Crippen MR) is 107 cm³/mol. The van der Waals surface area contributed by atoms with Crippen LogP contribution in [0, 0.1) is 5.92 Å². The van der Waals surface area contributed by atoms with Crippen molar-refractivity contribution in [2.75, 3.05) is 19.5 Å². The van der Waals surface area contributed by atoms with Crippen LogP contribution in [0.1, 0.15) is 35.8 Å². The van der Waals surface area contributed by atoms with E-state index in [0.29, 0.717) is 24.7 Å². The molecule has 0 saturated heterocycles. The van der Waals surface area contributed by atoms with E-state index in [1.807, 2.05) is 32.0 Å². The van der Waals surface area contributed by atoms with Crippen molar-refractivity contribution in [1.82, 2.24) is 5.32 Å². The van der Waals surface area contributed by atoms with Gasteiger partial charge in [-0.2, -0.15) is 0 Å². The fourth-order valence-electron chi connectivity index (χ4n) is 3.04. The summed E-state index contributed by atoms with van der Waals surface area (Å²) in [6, 6.07) is 9.52. The highest BCUT2D eigenvalue weighted by Gasteiger charge is 2.23. The largest absolute Gasteiger partial charge is 0.486 e. The smallest absolute Gasteiger partial charge is 0.251 e. The molecule has 0 saturated carbocycles. The second-order valence-electron chi connectivity index (χ2n) is 7.02. The highest BCUT2D eigenvalue weighted by molar-refractivity contribution is 7.90. The van der Waals surface area contributed by atoms with E-state index in [1.54, 1.807) is 0 Å². The molecule has 0 bridgehead atoms. The second kappa shape index (κ2) is 8.01. The van der Waals surface area contributed by atoms with Crippen LogP contribution in [0.25, 0.3) is 0 Å². The number of carbonyl (C=O) groups excluding carboxylic acids is 1. The van der Waals surface area contributed by atoms with Gasteiger partial charge in [0.2, 0.25) is 0 Å². The van der Waals surface area contributed by atoms with Gasteiger partial charge in [-0.05, 0) is 41.8 Å². The molecule has 0 aromatic heterocycles. The van der Waals surface area contributed by atoms with Gasteiger partial charge in [0.1, 0.15) is 13.2 Å². The molecule has 1 unspecified atom stereocenters. The van der Waals surface area contributed by atoms with E-state index in [9.17, 15) is 13.2 Å². The number of fused-ring (bicyclic) bond motifs is 1. The van der Waals surface area contributed by atoms with Gasteiger partial charge in [0.15, 0.2) is 21.3 Å². The standard InChI is InChI=1S/C20H22ClNO5S/c1-12(2)19(13-5-7-16-17(10-13)27-9-8-26-16)22-20(23)14-4-6-15(21)18(11-14)28(3,24)25/h4-7,10-12,19H,8-9H2,1-3H3,(H,22,23). The minimum atomic E-state index is -3.54. The Morgan fingerprint density at radius 2 is 1.75 bits per heavy atom. The second-order valence-corrected chi connectivity index (χ2v) is 9.41. The lowest BCUT2D eigenvalue weighted by atomic mass is 9.95. The zero-order valence-corrected chi connectivity index (χ0v) is 17.4. The average Bonchev–Trinajstić information content (AvgIpc) is 2.64. The van der Waals surface area contributed by atoms with E-state index in [4.69, 9.17) is 21.1 Å². The van der Waals surface area contributed by atoms with Crippen molar-refractivity contribution in [3.63, 3.8) is 0 Å². The van der Waals surface area contributed by atoms with E-state index in [2.05, 4.69) is 5.32 Å². The highest BCUT2D eigenvalue weighted by atomic mass is 35.5. The van der Waals surface area contributed by atoms with E-state index < -0.39 is 9.84 Å². The van der Waals surface area contributed by atoms with E-state index in [1.165, 1.54) is 18.2 Å². The molecule has 8 heteroatoms. The van der Waals surface area contributed by atoms with Crippen molar-refractivity contribution < 1.29 is 22.7 Å². The van der Waals surface area contributed by atoms with Gasteiger partial charge in [-0.3, -0.25) is 4.79 Å². The summed E-state index contributed by atoms with van der Waals surface area (Å²) in [5, 5.41) is 3.07. The van der Waals surface area contributed by atoms with Crippen LogP contribution < -0.4 is 14.8 Å². The Hall–Kier alpha value is -2.25. The summed E-state index contributed by atoms with van der Waals surface area (Å²) in [6.07, 6.45) is 1.06. The van der Waals surface area contributed by atoms with Crippen LogP contribution in [0.3, 0.4) is 0 Å². The number of hydrogen-bond donors (Lipinski definition) is 1. The van der Waals surface area contributed by atoms with Crippen LogP contribution in [-0.2, 0) is 9.84 Å². The Balaban J connectivity index is 1.88. The number of nitrogens with one attached hydrogen (secondary N) is 1. The molecule has 2 aromatic carbocycles. The summed E-state index contributed by atoms with van der Waals surface area (Å²) < 4.78 is 34.9. The molecule has 6 nitrogen and oxygen atoms in total. The van der Waals surface area contributed by atoms with Gasteiger partial charge in [0.05, 0.1) is 16.0 Å². The molecule has 0 aliphatic carbocycles. The van der Waals surface area contributed by atoms with Crippen LogP contribution in [0.4, 0.5) is 0 Å². The molecule has 1 amide bonds. The third kappa shape index (κ3) is 4.42. The lowest BCUT2D eigenvalue weighted by molar-refractivity contribution is 0.0925. The number of benzene rings is 2. The number of ether oxygens (including phenoxy) is 2. The molecule has 150 valence electrons. The average molecular weight is 424 g/mol. The molecule has 3 rings (SSSR count). The highest BCUT2D eigenvalue weighted by Crippen LogP contribution is 2.34. The van der Waals surface area contributed by atoms with Gasteiger partial charge in [-0.25, -0.2) is 8.42 Å². The monoisotopic (exact) mass is 423 g/mol. The molecule has 1 atom stereocenters. The lowest BCUT2D eigenvalue weighted by Crippen LogP contribution is -2.32. The molecule has 1 N–H and O–H groups in total. The summed E-state index contributed by atoms with van der Waals surface area (Å²) in [5.41, 5.74) is 1.11. The minimum absolute atomic E-state index is 0.0674. The van der Waals surface area contributed by atoms with Crippen molar-refractivity contribution in [3.05, 3.63) is 52.5 Å². The predicted octanol–water partition coefficient (Wildman–Crippen LogP) is 3.64. The van der Waals surface area contributed by atoms with Gasteiger partial charge < -0.3 is 14.8 Å². The van der Waals surface area contributed by atoms with Crippen molar-refractivity contribution in [1.29, 1.82) is 0 Å². The Kier molecular flexibility index (Phi) is 5.86. The fourth-order valence-corrected chi connectivity index (χ4v) is 4.34. The van der Waals surface area contributed by atoms with Crippen LogP contribution >= 0.6 is 11.6 Å². The quantitative estimate of drug-likeness (QED) is 0.793. The molecule has 28 heavy (non-hydrogen) atoms. The summed E-state index contributed by atoms with van der Waals surface area (Å²) in [5.74, 6) is 1.04. The molecular weight excluding hydrogens is 402 g/mol. The number of hydrogen-bond acceptors (Lipinski definition) is 5. The first-order chi connectivity index (χ1) is 13.2. The van der Waals surface area contributed by atoms with Gasteiger partial charge >= 0.3 is 0 Å². The maximum Gasteiger partial charge on any atom is 0.251 e. The number of sulfone groups is 1. The first kappa shape index (κ1) is 20.5. The minimum Gasteiger partial charge on any atom is -0.486 e. The Morgan fingerprint density at radius 3 is 2.39 bits per heavy atom. The Morgan fingerprint density at radius 1 is 1.07 bits per heavy atom. The molecule has 1 aliphatic heterocycles. The van der Waals surface area contributed by atoms with Gasteiger partial charge in [0.25, 0.3) is 5.91 Å². The topological polar surface area (TPSA) is 81.7 Å². The van der Waals surface area contributed by atoms with Crippen LogP contribution in [-0.4, -0.2) is 33.8 Å². The zero-order valence-electron chi connectivity index (χ0n) is 15.9. The van der Waals surface area contributed by atoms with Crippen molar-refractivity contribution in [2.45, 2.75) is 24.8 Å². The molecule has 0 spiro atoms. The van der Waals surface area contributed by atoms with Gasteiger partial charge in [0, 0.05) is 11.8 Å². The van der Waals surface area contributed by atoms with Crippen LogP contribution in [0.15, 0.2) is 41.3 Å². The van der Waals surface area contributed by atoms with E-state index in [0.717, 1.165) is 11.8 Å². The number of rotatable bonds is 5. The molecular formula is C20H22ClNO5S. The van der Waals surface area contributed by atoms with E-state index in [-0.39, 0.29) is 33.3 Å². The van der Waals surface area contributed by atoms with Gasteiger partial charge in [-0.15, -0.1) is 0 Å². The summed E-state index contributed by atoms with van der Waals surface area (Å²) in [4.78, 5) is 12.7.